The molecule has 0 N–H and O–H groups in total. The lowest BCUT2D eigenvalue weighted by Gasteiger charge is -2.19. The molecular weight excluding hydrogens is 451 g/mol. The average molecular weight is 466 g/mol. The highest BCUT2D eigenvalue weighted by molar-refractivity contribution is 9.10. The molecule has 0 amide bonds. The zero-order valence-electron chi connectivity index (χ0n) is 14.4. The van der Waals surface area contributed by atoms with Crippen LogP contribution in [0.4, 0.5) is 0 Å². The molecule has 0 unspecified atom stereocenters. The molecule has 0 saturated heterocycles. The summed E-state index contributed by atoms with van der Waals surface area (Å²) < 4.78 is 7.93. The van der Waals surface area contributed by atoms with E-state index in [9.17, 15) is 4.79 Å². The standard InChI is InChI=1S/C20H15BrCl2N2O2/c1-2-27-20(26)18-16-6-4-11-3-5-12(21)7-17(11)19(16)25(24-18)15-9-13(22)8-14(23)10-15/h3,5,7-10H,2,4,6H2,1H3. The Morgan fingerprint density at radius 3 is 2.63 bits per heavy atom. The third-order valence-corrected chi connectivity index (χ3v) is 5.45. The third-order valence-electron chi connectivity index (χ3n) is 4.52. The molecule has 7 heteroatoms. The second kappa shape index (κ2) is 7.30. The molecule has 0 fully saturated rings. The van der Waals surface area contributed by atoms with E-state index in [0.29, 0.717) is 34.5 Å². The van der Waals surface area contributed by atoms with Crippen LogP contribution >= 0.6 is 39.1 Å². The number of halogens is 3. The van der Waals surface area contributed by atoms with Crippen molar-refractivity contribution in [3.05, 3.63) is 67.7 Å². The van der Waals surface area contributed by atoms with Gasteiger partial charge in [-0.25, -0.2) is 9.48 Å². The van der Waals surface area contributed by atoms with E-state index < -0.39 is 5.97 Å². The molecule has 1 heterocycles. The Hall–Kier alpha value is -1.82. The number of fused-ring (bicyclic) bond motifs is 3. The Balaban J connectivity index is 2.00. The van der Waals surface area contributed by atoms with Crippen LogP contribution < -0.4 is 0 Å². The van der Waals surface area contributed by atoms with Gasteiger partial charge in [-0.3, -0.25) is 0 Å². The highest BCUT2D eigenvalue weighted by Gasteiger charge is 2.29. The Morgan fingerprint density at radius 2 is 1.93 bits per heavy atom. The fraction of sp³-hybridized carbons (Fsp3) is 0.200. The van der Waals surface area contributed by atoms with E-state index in [1.165, 1.54) is 5.56 Å². The van der Waals surface area contributed by atoms with Gasteiger partial charge in [-0.1, -0.05) is 45.2 Å². The molecule has 4 nitrogen and oxygen atoms in total. The number of benzene rings is 2. The number of carbonyl (C=O) groups excluding carboxylic acids is 1. The minimum Gasteiger partial charge on any atom is -0.461 e. The van der Waals surface area contributed by atoms with Crippen molar-refractivity contribution in [3.63, 3.8) is 0 Å². The van der Waals surface area contributed by atoms with Gasteiger partial charge in [-0.2, -0.15) is 5.10 Å². The van der Waals surface area contributed by atoms with E-state index in [1.807, 2.05) is 12.1 Å². The molecule has 27 heavy (non-hydrogen) atoms. The Labute approximate surface area is 175 Å². The number of aromatic nitrogens is 2. The smallest absolute Gasteiger partial charge is 0.359 e. The molecule has 2 aromatic carbocycles. The van der Waals surface area contributed by atoms with Crippen LogP contribution in [-0.4, -0.2) is 22.4 Å². The zero-order valence-corrected chi connectivity index (χ0v) is 17.5. The van der Waals surface area contributed by atoms with Crippen molar-refractivity contribution < 1.29 is 9.53 Å². The van der Waals surface area contributed by atoms with E-state index >= 15 is 0 Å². The molecule has 0 radical (unpaired) electrons. The van der Waals surface area contributed by atoms with E-state index in [-0.39, 0.29) is 0 Å². The fourth-order valence-electron chi connectivity index (χ4n) is 3.42. The molecular formula is C20H15BrCl2N2O2. The van der Waals surface area contributed by atoms with E-state index in [4.69, 9.17) is 27.9 Å². The Kier molecular flexibility index (Phi) is 5.01. The SMILES string of the molecule is CCOC(=O)c1nn(-c2cc(Cl)cc(Cl)c2)c2c1CCc1ccc(Br)cc1-2. The summed E-state index contributed by atoms with van der Waals surface area (Å²) in [5.74, 6) is -0.418. The topological polar surface area (TPSA) is 44.1 Å². The molecule has 1 aliphatic carbocycles. The monoisotopic (exact) mass is 464 g/mol. The van der Waals surface area contributed by atoms with Crippen LogP contribution in [0.25, 0.3) is 16.9 Å². The second-order valence-electron chi connectivity index (χ2n) is 6.24. The maximum atomic E-state index is 12.5. The first-order chi connectivity index (χ1) is 13.0. The largest absolute Gasteiger partial charge is 0.461 e. The van der Waals surface area contributed by atoms with Crippen LogP contribution in [0.3, 0.4) is 0 Å². The summed E-state index contributed by atoms with van der Waals surface area (Å²) in [6.07, 6.45) is 1.55. The normalized spacial score (nSPS) is 12.4. The van der Waals surface area contributed by atoms with Crippen LogP contribution in [-0.2, 0) is 17.6 Å². The molecule has 3 aromatic rings. The predicted octanol–water partition coefficient (Wildman–Crippen LogP) is 5.88. The van der Waals surface area contributed by atoms with Gasteiger partial charge in [0.25, 0.3) is 0 Å². The lowest BCUT2D eigenvalue weighted by molar-refractivity contribution is 0.0517. The number of hydrogen-bond acceptors (Lipinski definition) is 3. The van der Waals surface area contributed by atoms with Gasteiger partial charge in [0, 0.05) is 25.6 Å². The molecule has 0 atom stereocenters. The van der Waals surface area contributed by atoms with Crippen LogP contribution in [0.5, 0.6) is 0 Å². The molecule has 1 aliphatic rings. The lowest BCUT2D eigenvalue weighted by Crippen LogP contribution is -2.10. The van der Waals surface area contributed by atoms with E-state index in [0.717, 1.165) is 27.7 Å². The number of nitrogens with zero attached hydrogens (tertiary/aromatic N) is 2. The van der Waals surface area contributed by atoms with Gasteiger partial charge >= 0.3 is 5.97 Å². The number of esters is 1. The summed E-state index contributed by atoms with van der Waals surface area (Å²) in [6.45, 7) is 2.08. The number of aryl methyl sites for hydroxylation is 1. The molecule has 4 rings (SSSR count). The van der Waals surface area contributed by atoms with Gasteiger partial charge in [0.15, 0.2) is 5.69 Å². The maximum Gasteiger partial charge on any atom is 0.359 e. The van der Waals surface area contributed by atoms with Gasteiger partial charge in [0.05, 0.1) is 18.0 Å². The molecule has 138 valence electrons. The summed E-state index contributed by atoms with van der Waals surface area (Å²) >= 11 is 15.9. The summed E-state index contributed by atoms with van der Waals surface area (Å²) in [7, 11) is 0. The van der Waals surface area contributed by atoms with Gasteiger partial charge < -0.3 is 4.74 Å². The first kappa shape index (κ1) is 18.5. The van der Waals surface area contributed by atoms with Crippen molar-refractivity contribution in [1.29, 1.82) is 0 Å². The minimum absolute atomic E-state index is 0.297. The Bertz CT molecular complexity index is 1040. The van der Waals surface area contributed by atoms with Crippen molar-refractivity contribution in [3.8, 4) is 16.9 Å². The van der Waals surface area contributed by atoms with Crippen molar-refractivity contribution in [2.45, 2.75) is 19.8 Å². The average Bonchev–Trinajstić information content (AvgIpc) is 3.01. The lowest BCUT2D eigenvalue weighted by atomic mass is 9.89. The summed E-state index contributed by atoms with van der Waals surface area (Å²) in [5.41, 5.74) is 5.04. The van der Waals surface area contributed by atoms with E-state index in [2.05, 4.69) is 27.1 Å². The Morgan fingerprint density at radius 1 is 1.19 bits per heavy atom. The zero-order chi connectivity index (χ0) is 19.1. The van der Waals surface area contributed by atoms with E-state index in [1.54, 1.807) is 29.8 Å². The number of ether oxygens (including phenoxy) is 1. The molecule has 0 saturated carbocycles. The maximum absolute atomic E-state index is 12.5. The van der Waals surface area contributed by atoms with Crippen molar-refractivity contribution in [2.24, 2.45) is 0 Å². The van der Waals surface area contributed by atoms with Crippen LogP contribution in [0.2, 0.25) is 10.0 Å². The third kappa shape index (κ3) is 3.40. The van der Waals surface area contributed by atoms with Crippen molar-refractivity contribution >= 4 is 45.1 Å². The van der Waals surface area contributed by atoms with Crippen LogP contribution in [0.1, 0.15) is 28.5 Å². The van der Waals surface area contributed by atoms with Gasteiger partial charge in [0.2, 0.25) is 0 Å². The number of rotatable bonds is 3. The molecule has 0 bridgehead atoms. The highest BCUT2D eigenvalue weighted by Crippen LogP contribution is 2.39. The quantitative estimate of drug-likeness (QED) is 0.453. The first-order valence-corrected chi connectivity index (χ1v) is 10.1. The second-order valence-corrected chi connectivity index (χ2v) is 8.03. The molecule has 0 spiro atoms. The summed E-state index contributed by atoms with van der Waals surface area (Å²) in [4.78, 5) is 12.5. The summed E-state index contributed by atoms with van der Waals surface area (Å²) in [5, 5.41) is 5.61. The molecule has 0 aliphatic heterocycles. The molecule has 1 aromatic heterocycles. The minimum atomic E-state index is -0.418. The van der Waals surface area contributed by atoms with Gasteiger partial charge in [-0.05, 0) is 55.7 Å². The number of carbonyl (C=O) groups is 1. The van der Waals surface area contributed by atoms with Crippen molar-refractivity contribution in [2.75, 3.05) is 6.61 Å². The highest BCUT2D eigenvalue weighted by atomic mass is 79.9. The van der Waals surface area contributed by atoms with Crippen LogP contribution in [0, 0.1) is 0 Å². The van der Waals surface area contributed by atoms with Crippen LogP contribution in [0.15, 0.2) is 40.9 Å². The number of hydrogen-bond donors (Lipinski definition) is 0. The van der Waals surface area contributed by atoms with Gasteiger partial charge in [-0.15, -0.1) is 0 Å². The fourth-order valence-corrected chi connectivity index (χ4v) is 4.30. The first-order valence-electron chi connectivity index (χ1n) is 8.52. The van der Waals surface area contributed by atoms with Gasteiger partial charge in [0.1, 0.15) is 0 Å². The summed E-state index contributed by atoms with van der Waals surface area (Å²) in [6, 6.07) is 11.4. The van der Waals surface area contributed by atoms with Crippen molar-refractivity contribution in [1.82, 2.24) is 9.78 Å². The predicted molar refractivity (Wildman–Crippen MR) is 110 cm³/mol.